The van der Waals surface area contributed by atoms with E-state index in [1.165, 1.54) is 51.9 Å². The molecule has 3 atom stereocenters. The average Bonchev–Trinajstić information content (AvgIpc) is 2.45. The van der Waals surface area contributed by atoms with Crippen molar-refractivity contribution in [2.45, 2.75) is 65.5 Å². The number of piperidine rings is 2. The highest BCUT2D eigenvalue weighted by atomic mass is 15.2. The molecule has 0 spiro atoms. The number of likely N-dealkylation sites (tertiary alicyclic amines) is 2. The Morgan fingerprint density at radius 3 is 2.67 bits per heavy atom. The fourth-order valence-electron chi connectivity index (χ4n) is 4.15. The smallest absolute Gasteiger partial charge is 0.0145 e. The molecule has 3 heteroatoms. The van der Waals surface area contributed by atoms with Crippen LogP contribution in [0.15, 0.2) is 0 Å². The summed E-state index contributed by atoms with van der Waals surface area (Å²) in [6, 6.07) is 1.45. The van der Waals surface area contributed by atoms with Gasteiger partial charge in [-0.2, -0.15) is 0 Å². The third kappa shape index (κ3) is 4.67. The van der Waals surface area contributed by atoms with Crippen molar-refractivity contribution in [2.75, 3.05) is 39.8 Å². The molecule has 0 bridgehead atoms. The van der Waals surface area contributed by atoms with Crippen molar-refractivity contribution >= 4 is 0 Å². The molecule has 2 aliphatic rings. The molecule has 0 aromatic carbocycles. The number of hydrogen-bond acceptors (Lipinski definition) is 3. The maximum Gasteiger partial charge on any atom is 0.0145 e. The van der Waals surface area contributed by atoms with Crippen LogP contribution in [0.25, 0.3) is 0 Å². The van der Waals surface area contributed by atoms with E-state index in [1.807, 2.05) is 0 Å². The van der Waals surface area contributed by atoms with E-state index in [4.69, 9.17) is 0 Å². The number of rotatable bonds is 6. The third-order valence-electron chi connectivity index (χ3n) is 5.83. The molecular formula is C18H37N3. The predicted octanol–water partition coefficient (Wildman–Crippen LogP) is 2.82. The molecule has 0 amide bonds. The van der Waals surface area contributed by atoms with E-state index < -0.39 is 0 Å². The molecule has 0 aromatic rings. The molecule has 2 rings (SSSR count). The van der Waals surface area contributed by atoms with Gasteiger partial charge in [0, 0.05) is 31.7 Å². The van der Waals surface area contributed by atoms with E-state index in [9.17, 15) is 0 Å². The van der Waals surface area contributed by atoms with Gasteiger partial charge in [-0.3, -0.25) is 0 Å². The van der Waals surface area contributed by atoms with Crippen molar-refractivity contribution in [1.82, 2.24) is 15.1 Å². The monoisotopic (exact) mass is 295 g/mol. The summed E-state index contributed by atoms with van der Waals surface area (Å²) >= 11 is 0. The first-order chi connectivity index (χ1) is 9.93. The standard InChI is InChI=1S/C18H37N3/c1-6-18(4,13-19-15(2)3)14-21-11-9-17-16(12-21)8-7-10-20(17)5/h15-17,19H,6-14H2,1-5H3. The topological polar surface area (TPSA) is 18.5 Å². The Labute approximate surface area is 132 Å². The normalized spacial score (nSPS) is 31.1. The summed E-state index contributed by atoms with van der Waals surface area (Å²) in [5, 5.41) is 3.66. The van der Waals surface area contributed by atoms with Gasteiger partial charge < -0.3 is 15.1 Å². The minimum Gasteiger partial charge on any atom is -0.314 e. The molecule has 0 aliphatic carbocycles. The highest BCUT2D eigenvalue weighted by molar-refractivity contribution is 4.91. The van der Waals surface area contributed by atoms with Crippen molar-refractivity contribution in [3.05, 3.63) is 0 Å². The quantitative estimate of drug-likeness (QED) is 0.813. The summed E-state index contributed by atoms with van der Waals surface area (Å²) in [5.74, 6) is 0.914. The second-order valence-corrected chi connectivity index (χ2v) is 8.17. The highest BCUT2D eigenvalue weighted by Gasteiger charge is 2.36. The Hall–Kier alpha value is -0.120. The van der Waals surface area contributed by atoms with Crippen LogP contribution in [0, 0.1) is 11.3 Å². The molecular weight excluding hydrogens is 258 g/mol. The Balaban J connectivity index is 1.87. The summed E-state index contributed by atoms with van der Waals surface area (Å²) in [7, 11) is 2.33. The second kappa shape index (κ2) is 7.43. The molecule has 0 aromatic heterocycles. The summed E-state index contributed by atoms with van der Waals surface area (Å²) in [4.78, 5) is 5.37. The molecule has 2 saturated heterocycles. The first-order valence-electron chi connectivity index (χ1n) is 9.09. The molecule has 1 N–H and O–H groups in total. The van der Waals surface area contributed by atoms with E-state index in [1.54, 1.807) is 0 Å². The molecule has 2 heterocycles. The summed E-state index contributed by atoms with van der Waals surface area (Å²) in [6.45, 7) is 15.6. The van der Waals surface area contributed by atoms with Crippen LogP contribution >= 0.6 is 0 Å². The van der Waals surface area contributed by atoms with Crippen LogP contribution in [0.4, 0.5) is 0 Å². The number of nitrogens with zero attached hydrogens (tertiary/aromatic N) is 2. The largest absolute Gasteiger partial charge is 0.314 e. The van der Waals surface area contributed by atoms with E-state index in [0.717, 1.165) is 18.5 Å². The Morgan fingerprint density at radius 1 is 1.24 bits per heavy atom. The van der Waals surface area contributed by atoms with Gasteiger partial charge in [0.05, 0.1) is 0 Å². The molecule has 3 nitrogen and oxygen atoms in total. The first-order valence-corrected chi connectivity index (χ1v) is 9.09. The second-order valence-electron chi connectivity index (χ2n) is 8.17. The van der Waals surface area contributed by atoms with Crippen LogP contribution in [0.1, 0.15) is 53.4 Å². The van der Waals surface area contributed by atoms with Gasteiger partial charge in [0.15, 0.2) is 0 Å². The van der Waals surface area contributed by atoms with E-state index in [2.05, 4.69) is 49.9 Å². The van der Waals surface area contributed by atoms with Crippen molar-refractivity contribution in [3.63, 3.8) is 0 Å². The lowest BCUT2D eigenvalue weighted by Crippen LogP contribution is -2.55. The predicted molar refractivity (Wildman–Crippen MR) is 91.7 cm³/mol. The Kier molecular flexibility index (Phi) is 6.10. The van der Waals surface area contributed by atoms with E-state index in [-0.39, 0.29) is 0 Å². The number of fused-ring (bicyclic) bond motifs is 1. The van der Waals surface area contributed by atoms with Crippen molar-refractivity contribution in [3.8, 4) is 0 Å². The number of nitrogens with one attached hydrogen (secondary N) is 1. The minimum atomic E-state index is 0.414. The lowest BCUT2D eigenvalue weighted by atomic mass is 9.81. The van der Waals surface area contributed by atoms with Gasteiger partial charge in [0.2, 0.25) is 0 Å². The number of hydrogen-bond donors (Lipinski definition) is 1. The van der Waals surface area contributed by atoms with Gasteiger partial charge in [0.25, 0.3) is 0 Å². The van der Waals surface area contributed by atoms with Gasteiger partial charge in [-0.05, 0) is 57.2 Å². The molecule has 2 aliphatic heterocycles. The molecule has 0 saturated carbocycles. The molecule has 21 heavy (non-hydrogen) atoms. The average molecular weight is 296 g/mol. The maximum atomic E-state index is 3.66. The fraction of sp³-hybridized carbons (Fsp3) is 1.00. The van der Waals surface area contributed by atoms with Crippen LogP contribution in [-0.2, 0) is 0 Å². The molecule has 3 unspecified atom stereocenters. The summed E-state index contributed by atoms with van der Waals surface area (Å²) in [6.07, 6.45) is 5.47. The Morgan fingerprint density at radius 2 is 2.00 bits per heavy atom. The van der Waals surface area contributed by atoms with Gasteiger partial charge >= 0.3 is 0 Å². The maximum absolute atomic E-state index is 3.66. The highest BCUT2D eigenvalue weighted by Crippen LogP contribution is 2.31. The van der Waals surface area contributed by atoms with E-state index >= 15 is 0 Å². The first kappa shape index (κ1) is 17.2. The van der Waals surface area contributed by atoms with Crippen LogP contribution in [0.5, 0.6) is 0 Å². The van der Waals surface area contributed by atoms with Crippen LogP contribution in [0.2, 0.25) is 0 Å². The van der Waals surface area contributed by atoms with Crippen molar-refractivity contribution in [1.29, 1.82) is 0 Å². The zero-order valence-electron chi connectivity index (χ0n) is 15.0. The molecule has 2 fully saturated rings. The third-order valence-corrected chi connectivity index (χ3v) is 5.83. The minimum absolute atomic E-state index is 0.414. The van der Waals surface area contributed by atoms with Gasteiger partial charge in [-0.15, -0.1) is 0 Å². The van der Waals surface area contributed by atoms with Crippen LogP contribution in [0.3, 0.4) is 0 Å². The zero-order valence-corrected chi connectivity index (χ0v) is 15.0. The van der Waals surface area contributed by atoms with Crippen LogP contribution < -0.4 is 5.32 Å². The summed E-state index contributed by atoms with van der Waals surface area (Å²) in [5.41, 5.74) is 0.414. The van der Waals surface area contributed by atoms with Gasteiger partial charge in [0.1, 0.15) is 0 Å². The molecule has 0 radical (unpaired) electrons. The lowest BCUT2D eigenvalue weighted by Gasteiger charge is -2.48. The van der Waals surface area contributed by atoms with Gasteiger partial charge in [-0.25, -0.2) is 0 Å². The SMILES string of the molecule is CCC(C)(CNC(C)C)CN1CCC2C(CCCN2C)C1. The van der Waals surface area contributed by atoms with Crippen molar-refractivity contribution < 1.29 is 0 Å². The fourth-order valence-corrected chi connectivity index (χ4v) is 4.15. The zero-order chi connectivity index (χ0) is 15.5. The molecule has 124 valence electrons. The summed E-state index contributed by atoms with van der Waals surface area (Å²) < 4.78 is 0. The lowest BCUT2D eigenvalue weighted by molar-refractivity contribution is 0.0206. The van der Waals surface area contributed by atoms with Crippen LogP contribution in [-0.4, -0.2) is 61.7 Å². The Bertz CT molecular complexity index is 318. The van der Waals surface area contributed by atoms with E-state index in [0.29, 0.717) is 11.5 Å². The van der Waals surface area contributed by atoms with Crippen molar-refractivity contribution in [2.24, 2.45) is 11.3 Å². The van der Waals surface area contributed by atoms with Gasteiger partial charge in [-0.1, -0.05) is 27.7 Å².